The smallest absolute Gasteiger partial charge is 0.323 e. The number of nitrogens with zero attached hydrogens (tertiary/aromatic N) is 2. The number of urea groups is 1. The Hall–Kier alpha value is -8.37. The van der Waals surface area contributed by atoms with Gasteiger partial charge in [-0.3, -0.25) is 48.3 Å². The van der Waals surface area contributed by atoms with Crippen molar-refractivity contribution in [3.63, 3.8) is 0 Å². The molecule has 0 aliphatic heterocycles. The number of amides is 8. The molecule has 3 rings (SSSR count). The average Bonchev–Trinajstić information content (AvgIpc) is 3.30. The molecule has 2 aromatic carbocycles. The molecule has 0 saturated carbocycles. The second kappa shape index (κ2) is 29.3. The maximum atomic E-state index is 14.0. The van der Waals surface area contributed by atoms with Gasteiger partial charge in [-0.2, -0.15) is 0 Å². The van der Waals surface area contributed by atoms with Gasteiger partial charge in [0.1, 0.15) is 24.2 Å². The molecular weight excluding hydrogens is 897 g/mol. The molecule has 23 nitrogen and oxygen atoms in total. The van der Waals surface area contributed by atoms with E-state index in [0.717, 1.165) is 5.56 Å². The number of para-hydroxylation sites is 1. The Morgan fingerprint density at radius 3 is 1.84 bits per heavy atom. The van der Waals surface area contributed by atoms with E-state index < -0.39 is 97.4 Å². The number of nitrogens with two attached hydrogens (primary N) is 3. The van der Waals surface area contributed by atoms with E-state index in [0.29, 0.717) is 28.9 Å². The van der Waals surface area contributed by atoms with Crippen LogP contribution in [0.3, 0.4) is 0 Å². The van der Waals surface area contributed by atoms with Gasteiger partial charge in [-0.05, 0) is 98.9 Å². The molecule has 1 aromatic heterocycles. The molecule has 0 fully saturated rings. The van der Waals surface area contributed by atoms with E-state index in [1.165, 1.54) is 6.08 Å². The third-order valence-corrected chi connectivity index (χ3v) is 10.1. The normalized spacial score (nSPS) is 12.5. The first-order chi connectivity index (χ1) is 32.9. The fourth-order valence-electron chi connectivity index (χ4n) is 6.47. The largest absolute Gasteiger partial charge is 0.481 e. The fraction of sp³-hybridized carbons (Fsp3) is 0.370. The summed E-state index contributed by atoms with van der Waals surface area (Å²) in [5.41, 5.74) is 19.3. The van der Waals surface area contributed by atoms with Gasteiger partial charge >= 0.3 is 18.0 Å². The number of carboxylic acids is 2. The predicted octanol–water partition coefficient (Wildman–Crippen LogP) is 0.784. The summed E-state index contributed by atoms with van der Waals surface area (Å²) in [6, 6.07) is 10.8. The number of aromatic nitrogens is 1. The summed E-state index contributed by atoms with van der Waals surface area (Å²) in [4.78, 5) is 123. The Bertz CT molecular complexity index is 2310. The SMILES string of the molecule is Cc1ccccc1NC(=O)Nc1ccc(CC(=O)N[C@@H](CCCCNC(=O)/C=C/c2cccnc2)C(=O)N[C@@H](CCC(=O)O)C(=O)N[C@@H](CCC(=O)O)C(=O)N[C@@H](CCCN=C(N)N)C(N)=O)cc1. The third-order valence-electron chi connectivity index (χ3n) is 10.1. The number of aliphatic carboxylic acids is 2. The topological polar surface area (TPSA) is 382 Å². The minimum Gasteiger partial charge on any atom is -0.481 e. The monoisotopic (exact) mass is 956 g/mol. The quantitative estimate of drug-likeness (QED) is 0.0198. The number of benzene rings is 2. The van der Waals surface area contributed by atoms with Crippen LogP contribution in [0.25, 0.3) is 6.08 Å². The molecule has 370 valence electrons. The number of carbonyl (C=O) groups is 9. The van der Waals surface area contributed by atoms with E-state index in [4.69, 9.17) is 17.2 Å². The van der Waals surface area contributed by atoms with Gasteiger partial charge in [0.2, 0.25) is 35.4 Å². The second-order valence-corrected chi connectivity index (χ2v) is 15.7. The highest BCUT2D eigenvalue weighted by Gasteiger charge is 2.31. The lowest BCUT2D eigenvalue weighted by Crippen LogP contribution is -2.58. The van der Waals surface area contributed by atoms with Crippen LogP contribution in [-0.4, -0.2) is 112 Å². The number of unbranched alkanes of at least 4 members (excludes halogenated alkanes) is 1. The number of pyridine rings is 1. The van der Waals surface area contributed by atoms with Gasteiger partial charge in [-0.1, -0.05) is 36.4 Å². The minimum atomic E-state index is -1.62. The summed E-state index contributed by atoms with van der Waals surface area (Å²) >= 11 is 0. The molecule has 0 unspecified atom stereocenters. The number of aliphatic imine (C=N–C) groups is 1. The van der Waals surface area contributed by atoms with Gasteiger partial charge in [-0.15, -0.1) is 0 Å². The summed E-state index contributed by atoms with van der Waals surface area (Å²) in [6.07, 6.45) is 4.46. The van der Waals surface area contributed by atoms with Crippen LogP contribution in [0, 0.1) is 6.92 Å². The molecule has 4 atom stereocenters. The Morgan fingerprint density at radius 2 is 1.28 bits per heavy atom. The lowest BCUT2D eigenvalue weighted by Gasteiger charge is -2.26. The number of aryl methyl sites for hydroxylation is 1. The van der Waals surface area contributed by atoms with Crippen LogP contribution < -0.4 is 54.4 Å². The van der Waals surface area contributed by atoms with Crippen molar-refractivity contribution >= 4 is 76.8 Å². The first-order valence-electron chi connectivity index (χ1n) is 22.0. The number of nitrogens with one attached hydrogen (secondary N) is 7. The number of hydrogen-bond acceptors (Lipinski definition) is 11. The van der Waals surface area contributed by atoms with Crippen LogP contribution in [0.2, 0.25) is 0 Å². The predicted molar refractivity (Wildman–Crippen MR) is 255 cm³/mol. The fourth-order valence-corrected chi connectivity index (χ4v) is 6.47. The Labute approximate surface area is 397 Å². The van der Waals surface area contributed by atoms with E-state index in [2.05, 4.69) is 47.2 Å². The van der Waals surface area contributed by atoms with E-state index in [9.17, 15) is 53.4 Å². The molecule has 8 amide bonds. The zero-order valence-electron chi connectivity index (χ0n) is 38.1. The van der Waals surface area contributed by atoms with Crippen molar-refractivity contribution in [2.45, 2.75) is 95.3 Å². The summed E-state index contributed by atoms with van der Waals surface area (Å²) in [6.45, 7) is 2.14. The van der Waals surface area contributed by atoms with Gasteiger partial charge in [-0.25, -0.2) is 4.79 Å². The van der Waals surface area contributed by atoms with E-state index in [1.807, 2.05) is 19.1 Å². The molecule has 15 N–H and O–H groups in total. The highest BCUT2D eigenvalue weighted by atomic mass is 16.4. The third kappa shape index (κ3) is 22.1. The standard InChI is InChI=1S/C46H60N12O11/c1-28-8-2-3-10-32(28)58-46(69)53-31-16-13-29(14-17-31)26-38(60)54-34(11-4-5-24-51-37(59)20-15-30-9-6-23-50-27-30)42(66)56-36(19-22-40(63)64)44(68)57-35(18-21-39(61)62)43(67)55-33(41(47)65)12-7-25-52-45(48)49/h2-3,6,8-10,13-17,20,23,27,33-36H,4-5,7,11-12,18-19,21-22,24-26H2,1H3,(H2,47,65)(H,51,59)(H,54,60)(H,55,67)(H,56,66)(H,57,68)(H,61,62)(H,63,64)(H4,48,49,52)(H2,53,58,69)/b20-15+/t33-,34-,35-,36-/m0/s1. The molecule has 0 bridgehead atoms. The van der Waals surface area contributed by atoms with E-state index in [-0.39, 0.29) is 57.1 Å². The molecule has 69 heavy (non-hydrogen) atoms. The first-order valence-corrected chi connectivity index (χ1v) is 22.0. The van der Waals surface area contributed by atoms with Crippen LogP contribution >= 0.6 is 0 Å². The molecular formula is C46H60N12O11. The zero-order chi connectivity index (χ0) is 50.7. The molecule has 23 heteroatoms. The molecule has 0 spiro atoms. The highest BCUT2D eigenvalue weighted by molar-refractivity contribution is 6.00. The van der Waals surface area contributed by atoms with E-state index in [1.54, 1.807) is 67.0 Å². The van der Waals surface area contributed by atoms with Crippen LogP contribution in [0.1, 0.15) is 74.5 Å². The molecule has 0 aliphatic rings. The number of carbonyl (C=O) groups excluding carboxylic acids is 7. The number of primary amides is 1. The van der Waals surface area contributed by atoms with Crippen LogP contribution in [-0.2, 0) is 44.8 Å². The van der Waals surface area contributed by atoms with Crippen molar-refractivity contribution in [1.82, 2.24) is 31.6 Å². The minimum absolute atomic E-state index is 0.00751. The summed E-state index contributed by atoms with van der Waals surface area (Å²) in [7, 11) is 0. The van der Waals surface area contributed by atoms with Crippen LogP contribution in [0.5, 0.6) is 0 Å². The summed E-state index contributed by atoms with van der Waals surface area (Å²) in [5.74, 6) is -7.73. The number of guanidine groups is 1. The Morgan fingerprint density at radius 1 is 0.681 bits per heavy atom. The van der Waals surface area contributed by atoms with Gasteiger partial charge in [0.25, 0.3) is 0 Å². The summed E-state index contributed by atoms with van der Waals surface area (Å²) < 4.78 is 0. The molecule has 1 heterocycles. The zero-order valence-corrected chi connectivity index (χ0v) is 38.1. The molecule has 0 saturated heterocycles. The van der Waals surface area contributed by atoms with E-state index >= 15 is 0 Å². The van der Waals surface area contributed by atoms with Crippen molar-refractivity contribution < 1.29 is 53.4 Å². The molecule has 0 aliphatic carbocycles. The van der Waals surface area contributed by atoms with Crippen molar-refractivity contribution in [1.29, 1.82) is 0 Å². The number of hydrogen-bond donors (Lipinski definition) is 12. The van der Waals surface area contributed by atoms with Crippen molar-refractivity contribution in [3.05, 3.63) is 95.8 Å². The lowest BCUT2D eigenvalue weighted by atomic mass is 10.0. The number of rotatable bonds is 29. The van der Waals surface area contributed by atoms with Crippen molar-refractivity contribution in [2.24, 2.45) is 22.2 Å². The van der Waals surface area contributed by atoms with Gasteiger partial charge in [0, 0.05) is 55.8 Å². The molecule has 0 radical (unpaired) electrons. The van der Waals surface area contributed by atoms with Crippen molar-refractivity contribution in [2.75, 3.05) is 23.7 Å². The Balaban J connectivity index is 1.76. The number of carboxylic acid groups (broad SMARTS) is 2. The maximum absolute atomic E-state index is 14.0. The van der Waals surface area contributed by atoms with Gasteiger partial charge in [0.15, 0.2) is 5.96 Å². The molecule has 3 aromatic rings. The van der Waals surface area contributed by atoms with Gasteiger partial charge < -0.3 is 64.6 Å². The highest BCUT2D eigenvalue weighted by Crippen LogP contribution is 2.16. The number of anilines is 2. The van der Waals surface area contributed by atoms with Gasteiger partial charge in [0.05, 0.1) is 6.42 Å². The maximum Gasteiger partial charge on any atom is 0.323 e. The van der Waals surface area contributed by atoms with Crippen molar-refractivity contribution in [3.8, 4) is 0 Å². The van der Waals surface area contributed by atoms with Crippen LogP contribution in [0.15, 0.2) is 84.1 Å². The average molecular weight is 957 g/mol. The lowest BCUT2D eigenvalue weighted by molar-refractivity contribution is -0.140. The first kappa shape index (κ1) is 55.0. The summed E-state index contributed by atoms with van der Waals surface area (Å²) in [5, 5.41) is 37.0. The second-order valence-electron chi connectivity index (χ2n) is 15.7. The van der Waals surface area contributed by atoms with Crippen LogP contribution in [0.4, 0.5) is 16.2 Å². The Kier molecular flexibility index (Phi) is 23.3.